The molecule has 0 bridgehead atoms. The monoisotopic (exact) mass is 237 g/mol. The van der Waals surface area contributed by atoms with Gasteiger partial charge in [-0.2, -0.15) is 5.26 Å². The van der Waals surface area contributed by atoms with Crippen LogP contribution in [-0.4, -0.2) is 12.0 Å². The number of hydrogen-bond donors (Lipinski definition) is 0. The molecule has 1 aromatic heterocycles. The van der Waals surface area contributed by atoms with Gasteiger partial charge in [0.1, 0.15) is 11.9 Å². The normalized spacial score (nSPS) is 9.83. The number of benzene rings is 1. The minimum atomic E-state index is 0.601. The van der Waals surface area contributed by atoms with Gasteiger partial charge in [0, 0.05) is 19.8 Å². The van der Waals surface area contributed by atoms with Gasteiger partial charge in [-0.25, -0.2) is 4.98 Å². The van der Waals surface area contributed by atoms with Gasteiger partial charge < -0.3 is 4.90 Å². The molecule has 0 aliphatic heterocycles. The molecule has 1 heterocycles. The van der Waals surface area contributed by atoms with Crippen LogP contribution in [-0.2, 0) is 6.54 Å². The summed E-state index contributed by atoms with van der Waals surface area (Å²) in [6.07, 6.45) is 1.61. The van der Waals surface area contributed by atoms with Crippen molar-refractivity contribution in [1.29, 1.82) is 5.26 Å². The van der Waals surface area contributed by atoms with Gasteiger partial charge in [-0.15, -0.1) is 0 Å². The van der Waals surface area contributed by atoms with Crippen molar-refractivity contribution in [3.8, 4) is 6.07 Å². The summed E-state index contributed by atoms with van der Waals surface area (Å²) >= 11 is 0. The Morgan fingerprint density at radius 2 is 2.00 bits per heavy atom. The van der Waals surface area contributed by atoms with Crippen molar-refractivity contribution >= 4 is 5.82 Å². The summed E-state index contributed by atoms with van der Waals surface area (Å²) in [5.41, 5.74) is 2.86. The Balaban J connectivity index is 2.19. The molecule has 0 atom stereocenters. The molecule has 0 radical (unpaired) electrons. The molecule has 0 aliphatic rings. The van der Waals surface area contributed by atoms with E-state index in [1.165, 1.54) is 5.56 Å². The van der Waals surface area contributed by atoms with E-state index >= 15 is 0 Å². The number of anilines is 1. The van der Waals surface area contributed by atoms with Gasteiger partial charge in [0.15, 0.2) is 0 Å². The second-order valence-electron chi connectivity index (χ2n) is 4.32. The molecule has 0 spiro atoms. The first-order chi connectivity index (χ1) is 8.70. The SMILES string of the molecule is Cc1cc(C#N)cnc1N(C)Cc1ccccc1. The lowest BCUT2D eigenvalue weighted by atomic mass is 10.2. The van der Waals surface area contributed by atoms with E-state index in [9.17, 15) is 0 Å². The van der Waals surface area contributed by atoms with Crippen molar-refractivity contribution < 1.29 is 0 Å². The zero-order valence-electron chi connectivity index (χ0n) is 10.6. The average molecular weight is 237 g/mol. The number of nitriles is 1. The molecular formula is C15H15N3. The Morgan fingerprint density at radius 1 is 1.28 bits per heavy atom. The maximum atomic E-state index is 8.82. The van der Waals surface area contributed by atoms with Crippen LogP contribution < -0.4 is 4.90 Å². The highest BCUT2D eigenvalue weighted by atomic mass is 15.2. The van der Waals surface area contributed by atoms with Crippen molar-refractivity contribution in [2.24, 2.45) is 0 Å². The predicted octanol–water partition coefficient (Wildman–Crippen LogP) is 2.90. The molecular weight excluding hydrogens is 222 g/mol. The molecule has 0 N–H and O–H groups in total. The maximum Gasteiger partial charge on any atom is 0.131 e. The maximum absolute atomic E-state index is 8.82. The summed E-state index contributed by atoms with van der Waals surface area (Å²) in [6.45, 7) is 2.78. The van der Waals surface area contributed by atoms with Crippen molar-refractivity contribution in [3.05, 3.63) is 59.3 Å². The van der Waals surface area contributed by atoms with Crippen LogP contribution in [0.4, 0.5) is 5.82 Å². The highest BCUT2D eigenvalue weighted by Crippen LogP contribution is 2.18. The van der Waals surface area contributed by atoms with Crippen LogP contribution >= 0.6 is 0 Å². The number of hydrogen-bond acceptors (Lipinski definition) is 3. The van der Waals surface area contributed by atoms with Gasteiger partial charge in [-0.05, 0) is 24.1 Å². The first-order valence-electron chi connectivity index (χ1n) is 5.82. The van der Waals surface area contributed by atoms with Gasteiger partial charge in [-0.1, -0.05) is 30.3 Å². The minimum Gasteiger partial charge on any atom is -0.355 e. The van der Waals surface area contributed by atoms with E-state index in [1.807, 2.05) is 38.2 Å². The second kappa shape index (κ2) is 5.33. The lowest BCUT2D eigenvalue weighted by Crippen LogP contribution is -2.18. The van der Waals surface area contributed by atoms with E-state index < -0.39 is 0 Å². The Morgan fingerprint density at radius 3 is 2.61 bits per heavy atom. The number of rotatable bonds is 3. The van der Waals surface area contributed by atoms with Crippen LogP contribution in [0.3, 0.4) is 0 Å². The standard InChI is InChI=1S/C15H15N3/c1-12-8-14(9-16)10-17-15(12)18(2)11-13-6-4-3-5-7-13/h3-8,10H,11H2,1-2H3. The lowest BCUT2D eigenvalue weighted by Gasteiger charge is -2.20. The van der Waals surface area contributed by atoms with Crippen LogP contribution in [0.5, 0.6) is 0 Å². The van der Waals surface area contributed by atoms with E-state index in [-0.39, 0.29) is 0 Å². The quantitative estimate of drug-likeness (QED) is 0.824. The fraction of sp³-hybridized carbons (Fsp3) is 0.200. The third-order valence-corrected chi connectivity index (χ3v) is 2.80. The Labute approximate surface area is 107 Å². The van der Waals surface area contributed by atoms with Crippen molar-refractivity contribution in [1.82, 2.24) is 4.98 Å². The highest BCUT2D eigenvalue weighted by Gasteiger charge is 2.07. The first kappa shape index (κ1) is 12.1. The van der Waals surface area contributed by atoms with Gasteiger partial charge in [0.25, 0.3) is 0 Å². The molecule has 90 valence electrons. The molecule has 0 saturated heterocycles. The molecule has 2 rings (SSSR count). The molecule has 0 aliphatic carbocycles. The summed E-state index contributed by atoms with van der Waals surface area (Å²) in [4.78, 5) is 6.44. The third-order valence-electron chi connectivity index (χ3n) is 2.80. The van der Waals surface area contributed by atoms with Crippen molar-refractivity contribution in [2.75, 3.05) is 11.9 Å². The van der Waals surface area contributed by atoms with E-state index in [1.54, 1.807) is 6.20 Å². The Hall–Kier alpha value is -2.34. The molecule has 0 unspecified atom stereocenters. The molecule has 0 saturated carbocycles. The molecule has 18 heavy (non-hydrogen) atoms. The van der Waals surface area contributed by atoms with E-state index in [4.69, 9.17) is 5.26 Å². The van der Waals surface area contributed by atoms with Gasteiger partial charge in [0.2, 0.25) is 0 Å². The molecule has 0 amide bonds. The minimum absolute atomic E-state index is 0.601. The summed E-state index contributed by atoms with van der Waals surface area (Å²) < 4.78 is 0. The lowest BCUT2D eigenvalue weighted by molar-refractivity contribution is 0.890. The molecule has 3 nitrogen and oxygen atoms in total. The van der Waals surface area contributed by atoms with E-state index in [2.05, 4.69) is 28.1 Å². The highest BCUT2D eigenvalue weighted by molar-refractivity contribution is 5.49. The van der Waals surface area contributed by atoms with Gasteiger partial charge in [-0.3, -0.25) is 0 Å². The van der Waals surface area contributed by atoms with Gasteiger partial charge in [0.05, 0.1) is 5.56 Å². The fourth-order valence-corrected chi connectivity index (χ4v) is 1.96. The molecule has 2 aromatic rings. The Kier molecular flexibility index (Phi) is 3.59. The van der Waals surface area contributed by atoms with Crippen molar-refractivity contribution in [2.45, 2.75) is 13.5 Å². The number of aromatic nitrogens is 1. The first-order valence-corrected chi connectivity index (χ1v) is 5.82. The fourth-order valence-electron chi connectivity index (χ4n) is 1.96. The number of aryl methyl sites for hydroxylation is 1. The van der Waals surface area contributed by atoms with Gasteiger partial charge >= 0.3 is 0 Å². The van der Waals surface area contributed by atoms with E-state index in [0.29, 0.717) is 5.56 Å². The zero-order valence-corrected chi connectivity index (χ0v) is 10.6. The van der Waals surface area contributed by atoms with Crippen molar-refractivity contribution in [3.63, 3.8) is 0 Å². The average Bonchev–Trinajstić information content (AvgIpc) is 2.39. The number of nitrogens with zero attached hydrogens (tertiary/aromatic N) is 3. The summed E-state index contributed by atoms with van der Waals surface area (Å²) in [5.74, 6) is 0.915. The number of pyridine rings is 1. The van der Waals surface area contributed by atoms with Crippen LogP contribution in [0.15, 0.2) is 42.6 Å². The molecule has 0 fully saturated rings. The summed E-state index contributed by atoms with van der Waals surface area (Å²) in [5, 5.41) is 8.82. The summed E-state index contributed by atoms with van der Waals surface area (Å²) in [6, 6.07) is 14.2. The van der Waals surface area contributed by atoms with Crippen LogP contribution in [0, 0.1) is 18.3 Å². The predicted molar refractivity (Wildman–Crippen MR) is 72.2 cm³/mol. The smallest absolute Gasteiger partial charge is 0.131 e. The topological polar surface area (TPSA) is 39.9 Å². The Bertz CT molecular complexity index is 570. The molecule has 3 heteroatoms. The zero-order chi connectivity index (χ0) is 13.0. The second-order valence-corrected chi connectivity index (χ2v) is 4.32. The molecule has 1 aromatic carbocycles. The van der Waals surface area contributed by atoms with E-state index in [0.717, 1.165) is 17.9 Å². The van der Waals surface area contributed by atoms with Crippen LogP contribution in [0.2, 0.25) is 0 Å². The summed E-state index contributed by atoms with van der Waals surface area (Å²) in [7, 11) is 2.01. The largest absolute Gasteiger partial charge is 0.355 e. The third kappa shape index (κ3) is 2.67. The van der Waals surface area contributed by atoms with Crippen LogP contribution in [0.1, 0.15) is 16.7 Å². The van der Waals surface area contributed by atoms with Crippen LogP contribution in [0.25, 0.3) is 0 Å².